The Morgan fingerprint density at radius 3 is 2.93 bits per heavy atom. The van der Waals surface area contributed by atoms with Crippen LogP contribution >= 0.6 is 11.5 Å². The third-order valence-electron chi connectivity index (χ3n) is 5.58. The summed E-state index contributed by atoms with van der Waals surface area (Å²) in [6.07, 6.45) is 5.42. The summed E-state index contributed by atoms with van der Waals surface area (Å²) in [7, 11) is 0. The van der Waals surface area contributed by atoms with Gasteiger partial charge in [-0.15, -0.1) is 5.10 Å². The van der Waals surface area contributed by atoms with Crippen LogP contribution in [0.4, 0.5) is 5.82 Å². The van der Waals surface area contributed by atoms with Crippen LogP contribution in [0.3, 0.4) is 0 Å². The number of hydrogen-bond acceptors (Lipinski definition) is 8. The molecule has 2 aromatic heterocycles. The zero-order valence-electron chi connectivity index (χ0n) is 15.3. The van der Waals surface area contributed by atoms with Gasteiger partial charge < -0.3 is 15.3 Å². The van der Waals surface area contributed by atoms with Crippen molar-refractivity contribution < 1.29 is 5.11 Å². The van der Waals surface area contributed by atoms with Gasteiger partial charge in [0.2, 0.25) is 0 Å². The summed E-state index contributed by atoms with van der Waals surface area (Å²) < 4.78 is 5.40. The van der Waals surface area contributed by atoms with E-state index in [-0.39, 0.29) is 11.6 Å². The molecule has 0 radical (unpaired) electrons. The fraction of sp³-hybridized carbons (Fsp3) is 0.667. The third-order valence-corrected chi connectivity index (χ3v) is 6.14. The highest BCUT2D eigenvalue weighted by molar-refractivity contribution is 7.03. The molecule has 27 heavy (non-hydrogen) atoms. The molecule has 3 atom stereocenters. The van der Waals surface area contributed by atoms with Crippen LogP contribution in [0.2, 0.25) is 0 Å². The second-order valence-electron chi connectivity index (χ2n) is 7.41. The smallest absolute Gasteiger partial charge is 0.267 e. The Morgan fingerprint density at radius 2 is 2.15 bits per heavy atom. The lowest BCUT2D eigenvalue weighted by atomic mass is 10.0. The van der Waals surface area contributed by atoms with Crippen LogP contribution in [0.5, 0.6) is 0 Å². The standard InChI is InChI=1S/C18H26N6O2S/c25-16-6-3-5-15(16)24-18(26)8-7-17(21-24)23-9-2-1-4-14(23)11-19-10-13-12-27-22-20-13/h7-8,12,14-16,19,25H,1-6,9-11H2. The molecule has 0 amide bonds. The number of nitrogens with one attached hydrogen (secondary N) is 1. The monoisotopic (exact) mass is 390 g/mol. The highest BCUT2D eigenvalue weighted by Gasteiger charge is 2.30. The summed E-state index contributed by atoms with van der Waals surface area (Å²) in [5.41, 5.74) is 0.830. The van der Waals surface area contributed by atoms with Crippen molar-refractivity contribution in [2.45, 2.75) is 63.3 Å². The van der Waals surface area contributed by atoms with Crippen LogP contribution in [0.15, 0.2) is 22.3 Å². The van der Waals surface area contributed by atoms with Gasteiger partial charge in [-0.05, 0) is 56.1 Å². The Hall–Kier alpha value is -1.84. The number of aliphatic hydroxyl groups excluding tert-OH is 1. The second kappa shape index (κ2) is 8.45. The lowest BCUT2D eigenvalue weighted by Crippen LogP contribution is -2.46. The number of piperidine rings is 1. The third kappa shape index (κ3) is 4.20. The van der Waals surface area contributed by atoms with Crippen molar-refractivity contribution in [1.82, 2.24) is 24.7 Å². The summed E-state index contributed by atoms with van der Waals surface area (Å²) in [5, 5.41) is 24.3. The van der Waals surface area contributed by atoms with Crippen molar-refractivity contribution in [3.05, 3.63) is 33.6 Å². The Kier molecular flexibility index (Phi) is 5.80. The van der Waals surface area contributed by atoms with E-state index in [1.807, 2.05) is 11.4 Å². The van der Waals surface area contributed by atoms with Gasteiger partial charge in [-0.25, -0.2) is 4.68 Å². The Balaban J connectivity index is 1.48. The summed E-state index contributed by atoms with van der Waals surface area (Å²) in [6.45, 7) is 2.48. The molecular weight excluding hydrogens is 364 g/mol. The van der Waals surface area contributed by atoms with Crippen LogP contribution in [0.25, 0.3) is 0 Å². The number of aliphatic hydroxyl groups is 1. The normalized spacial score (nSPS) is 25.8. The zero-order valence-corrected chi connectivity index (χ0v) is 16.1. The second-order valence-corrected chi connectivity index (χ2v) is 8.02. The minimum Gasteiger partial charge on any atom is -0.391 e. The van der Waals surface area contributed by atoms with E-state index < -0.39 is 6.10 Å². The number of rotatable bonds is 6. The molecular formula is C18H26N6O2S. The number of aromatic nitrogens is 4. The summed E-state index contributed by atoms with van der Waals surface area (Å²) in [6, 6.07) is 3.55. The number of anilines is 1. The molecule has 2 N–H and O–H groups in total. The first-order valence-corrected chi connectivity index (χ1v) is 10.6. The van der Waals surface area contributed by atoms with Gasteiger partial charge in [0.25, 0.3) is 5.56 Å². The molecule has 0 aromatic carbocycles. The SMILES string of the molecule is O=c1ccc(N2CCCCC2CNCc2csnn2)nn1C1CCCC1O. The molecule has 1 saturated heterocycles. The van der Waals surface area contributed by atoms with Crippen LogP contribution < -0.4 is 15.8 Å². The molecule has 2 aromatic rings. The van der Waals surface area contributed by atoms with E-state index in [0.717, 1.165) is 56.7 Å². The van der Waals surface area contributed by atoms with Gasteiger partial charge in [-0.2, -0.15) is 5.10 Å². The maximum Gasteiger partial charge on any atom is 0.267 e. The largest absolute Gasteiger partial charge is 0.391 e. The molecule has 2 fully saturated rings. The first kappa shape index (κ1) is 18.5. The van der Waals surface area contributed by atoms with Gasteiger partial charge in [0, 0.05) is 37.1 Å². The fourth-order valence-corrected chi connectivity index (χ4v) is 4.61. The predicted molar refractivity (Wildman–Crippen MR) is 104 cm³/mol. The van der Waals surface area contributed by atoms with Gasteiger partial charge in [-0.1, -0.05) is 4.49 Å². The van der Waals surface area contributed by atoms with Gasteiger partial charge in [0.1, 0.15) is 5.82 Å². The highest BCUT2D eigenvalue weighted by atomic mass is 32.1. The van der Waals surface area contributed by atoms with E-state index in [0.29, 0.717) is 12.6 Å². The van der Waals surface area contributed by atoms with Crippen molar-refractivity contribution in [3.63, 3.8) is 0 Å². The molecule has 3 unspecified atom stereocenters. The lowest BCUT2D eigenvalue weighted by Gasteiger charge is -2.37. The lowest BCUT2D eigenvalue weighted by molar-refractivity contribution is 0.127. The first-order valence-electron chi connectivity index (χ1n) is 9.73. The Labute approximate surface area is 162 Å². The van der Waals surface area contributed by atoms with E-state index in [1.165, 1.54) is 22.6 Å². The zero-order chi connectivity index (χ0) is 18.6. The van der Waals surface area contributed by atoms with Gasteiger partial charge in [-0.3, -0.25) is 4.79 Å². The molecule has 3 heterocycles. The molecule has 146 valence electrons. The molecule has 0 spiro atoms. The van der Waals surface area contributed by atoms with Crippen LogP contribution in [-0.2, 0) is 6.54 Å². The van der Waals surface area contributed by atoms with Gasteiger partial charge >= 0.3 is 0 Å². The molecule has 1 aliphatic heterocycles. The molecule has 9 heteroatoms. The number of hydrogen-bond donors (Lipinski definition) is 2. The first-order chi connectivity index (χ1) is 13.2. The van der Waals surface area contributed by atoms with E-state index in [1.54, 1.807) is 6.07 Å². The maximum atomic E-state index is 12.3. The molecule has 0 bridgehead atoms. The van der Waals surface area contributed by atoms with Crippen LogP contribution in [0, 0.1) is 0 Å². The minimum atomic E-state index is -0.476. The Morgan fingerprint density at radius 1 is 1.22 bits per heavy atom. The average molecular weight is 391 g/mol. The van der Waals surface area contributed by atoms with Crippen molar-refractivity contribution in [1.29, 1.82) is 0 Å². The molecule has 1 saturated carbocycles. The molecule has 4 rings (SSSR count). The topological polar surface area (TPSA) is 96.2 Å². The van der Waals surface area contributed by atoms with E-state index in [2.05, 4.69) is 24.9 Å². The molecule has 8 nitrogen and oxygen atoms in total. The molecule has 2 aliphatic rings. The summed E-state index contributed by atoms with van der Waals surface area (Å²) in [4.78, 5) is 14.6. The highest BCUT2D eigenvalue weighted by Crippen LogP contribution is 2.29. The van der Waals surface area contributed by atoms with Gasteiger partial charge in [0.15, 0.2) is 0 Å². The van der Waals surface area contributed by atoms with Gasteiger partial charge in [0.05, 0.1) is 17.8 Å². The predicted octanol–water partition coefficient (Wildman–Crippen LogP) is 1.33. The quantitative estimate of drug-likeness (QED) is 0.768. The minimum absolute atomic E-state index is 0.132. The van der Waals surface area contributed by atoms with E-state index in [9.17, 15) is 9.90 Å². The Bertz CT molecular complexity index is 795. The molecule has 1 aliphatic carbocycles. The van der Waals surface area contributed by atoms with Crippen LogP contribution in [0.1, 0.15) is 50.3 Å². The van der Waals surface area contributed by atoms with Crippen molar-refractivity contribution in [2.24, 2.45) is 0 Å². The number of nitrogens with zero attached hydrogens (tertiary/aromatic N) is 5. The van der Waals surface area contributed by atoms with Crippen molar-refractivity contribution in [3.8, 4) is 0 Å². The van der Waals surface area contributed by atoms with E-state index in [4.69, 9.17) is 0 Å². The fourth-order valence-electron chi connectivity index (χ4n) is 4.15. The van der Waals surface area contributed by atoms with Crippen molar-refractivity contribution in [2.75, 3.05) is 18.0 Å². The average Bonchev–Trinajstić information content (AvgIpc) is 3.35. The van der Waals surface area contributed by atoms with E-state index >= 15 is 0 Å². The van der Waals surface area contributed by atoms with Crippen molar-refractivity contribution >= 4 is 17.4 Å². The van der Waals surface area contributed by atoms with Crippen LogP contribution in [-0.4, -0.2) is 49.7 Å². The summed E-state index contributed by atoms with van der Waals surface area (Å²) >= 11 is 1.36. The maximum absolute atomic E-state index is 12.3. The summed E-state index contributed by atoms with van der Waals surface area (Å²) in [5.74, 6) is 0.829.